The first-order chi connectivity index (χ1) is 13.9. The summed E-state index contributed by atoms with van der Waals surface area (Å²) < 4.78 is 33.1. The molecule has 0 aromatic heterocycles. The van der Waals surface area contributed by atoms with Gasteiger partial charge in [0.05, 0.1) is 13.7 Å². The molecule has 4 N–H and O–H groups in total. The standard InChI is InChI=1S/C21H17ClF2N2O3/c1-29-19-3-2-11(4-13(19)10-27)17-7-14(22)8-18(21(25)26-28)20(17)12-5-15(23)9-16(24)6-12/h2-9,27-28H,10H2,1H3,(H2,25,26). The van der Waals surface area contributed by atoms with Gasteiger partial charge in [0, 0.05) is 27.8 Å². The molecule has 0 heterocycles. The number of oxime groups is 1. The maximum Gasteiger partial charge on any atom is 0.170 e. The summed E-state index contributed by atoms with van der Waals surface area (Å²) in [5, 5.41) is 22.1. The average Bonchev–Trinajstić information content (AvgIpc) is 2.71. The molecule has 3 rings (SSSR count). The lowest BCUT2D eigenvalue weighted by molar-refractivity contribution is 0.274. The fourth-order valence-corrected chi connectivity index (χ4v) is 3.39. The van der Waals surface area contributed by atoms with Crippen LogP contribution < -0.4 is 10.5 Å². The van der Waals surface area contributed by atoms with Crippen LogP contribution in [0.15, 0.2) is 53.7 Å². The minimum Gasteiger partial charge on any atom is -0.496 e. The van der Waals surface area contributed by atoms with E-state index in [0.717, 1.165) is 18.2 Å². The van der Waals surface area contributed by atoms with Gasteiger partial charge < -0.3 is 20.8 Å². The summed E-state index contributed by atoms with van der Waals surface area (Å²) in [6.45, 7) is -0.283. The Morgan fingerprint density at radius 1 is 1.07 bits per heavy atom. The van der Waals surface area contributed by atoms with Gasteiger partial charge in [0.25, 0.3) is 0 Å². The molecule has 0 atom stereocenters. The molecule has 0 saturated heterocycles. The fourth-order valence-electron chi connectivity index (χ4n) is 3.17. The molecule has 0 radical (unpaired) electrons. The number of benzene rings is 3. The van der Waals surface area contributed by atoms with E-state index in [0.29, 0.717) is 28.0 Å². The normalized spacial score (nSPS) is 11.6. The zero-order chi connectivity index (χ0) is 21.1. The van der Waals surface area contributed by atoms with Crippen LogP contribution in [0.25, 0.3) is 22.3 Å². The largest absolute Gasteiger partial charge is 0.496 e. The molecule has 0 aliphatic heterocycles. The van der Waals surface area contributed by atoms with E-state index in [1.165, 1.54) is 13.2 Å². The summed E-state index contributed by atoms with van der Waals surface area (Å²) in [5.74, 6) is -1.35. The molecule has 0 spiro atoms. The first-order valence-electron chi connectivity index (χ1n) is 8.44. The van der Waals surface area contributed by atoms with E-state index in [2.05, 4.69) is 5.16 Å². The van der Waals surface area contributed by atoms with Crippen LogP contribution in [0.3, 0.4) is 0 Å². The van der Waals surface area contributed by atoms with Gasteiger partial charge in [-0.1, -0.05) is 22.8 Å². The van der Waals surface area contributed by atoms with Crippen LogP contribution in [0.1, 0.15) is 11.1 Å². The highest BCUT2D eigenvalue weighted by Gasteiger charge is 2.19. The number of hydrogen-bond acceptors (Lipinski definition) is 4. The Hall–Kier alpha value is -3.16. The van der Waals surface area contributed by atoms with Gasteiger partial charge in [-0.25, -0.2) is 8.78 Å². The molecular formula is C21H17ClF2N2O3. The molecule has 3 aromatic carbocycles. The van der Waals surface area contributed by atoms with Gasteiger partial charge in [0.2, 0.25) is 0 Å². The Bertz CT molecular complexity index is 1080. The van der Waals surface area contributed by atoms with Crippen molar-refractivity contribution in [2.75, 3.05) is 7.11 Å². The molecule has 0 aliphatic rings. The van der Waals surface area contributed by atoms with Gasteiger partial charge in [-0.2, -0.15) is 0 Å². The number of methoxy groups -OCH3 is 1. The number of rotatable bonds is 5. The maximum absolute atomic E-state index is 13.9. The van der Waals surface area contributed by atoms with Crippen molar-refractivity contribution >= 4 is 17.4 Å². The van der Waals surface area contributed by atoms with E-state index in [-0.39, 0.29) is 28.6 Å². The molecule has 8 heteroatoms. The lowest BCUT2D eigenvalue weighted by Gasteiger charge is -2.17. The molecule has 0 aliphatic carbocycles. The Morgan fingerprint density at radius 3 is 2.34 bits per heavy atom. The topological polar surface area (TPSA) is 88.1 Å². The van der Waals surface area contributed by atoms with Gasteiger partial charge in [-0.15, -0.1) is 0 Å². The molecule has 0 amide bonds. The Kier molecular flexibility index (Phi) is 6.00. The van der Waals surface area contributed by atoms with E-state index in [4.69, 9.17) is 22.1 Å². The molecule has 0 bridgehead atoms. The molecule has 3 aromatic rings. The fraction of sp³-hybridized carbons (Fsp3) is 0.0952. The number of ether oxygens (including phenoxy) is 1. The lowest BCUT2D eigenvalue weighted by Crippen LogP contribution is -2.15. The zero-order valence-electron chi connectivity index (χ0n) is 15.3. The van der Waals surface area contributed by atoms with Crippen molar-refractivity contribution in [3.63, 3.8) is 0 Å². The van der Waals surface area contributed by atoms with Gasteiger partial charge in [-0.3, -0.25) is 0 Å². The number of aliphatic hydroxyl groups is 1. The minimum atomic E-state index is -0.780. The molecule has 150 valence electrons. The van der Waals surface area contributed by atoms with Crippen molar-refractivity contribution in [1.29, 1.82) is 0 Å². The highest BCUT2D eigenvalue weighted by Crippen LogP contribution is 2.39. The van der Waals surface area contributed by atoms with E-state index < -0.39 is 11.6 Å². The third kappa shape index (κ3) is 4.16. The second-order valence-corrected chi connectivity index (χ2v) is 6.64. The highest BCUT2D eigenvalue weighted by molar-refractivity contribution is 6.31. The average molecular weight is 419 g/mol. The van der Waals surface area contributed by atoms with Crippen molar-refractivity contribution in [3.8, 4) is 28.0 Å². The number of hydrogen-bond donors (Lipinski definition) is 3. The Labute approximate surface area is 170 Å². The summed E-state index contributed by atoms with van der Waals surface area (Å²) in [6.07, 6.45) is 0. The lowest BCUT2D eigenvalue weighted by atomic mass is 9.89. The second-order valence-electron chi connectivity index (χ2n) is 6.20. The Morgan fingerprint density at radius 2 is 1.76 bits per heavy atom. The van der Waals surface area contributed by atoms with E-state index in [9.17, 15) is 19.1 Å². The number of aliphatic hydroxyl groups excluding tert-OH is 1. The van der Waals surface area contributed by atoms with E-state index in [1.807, 2.05) is 0 Å². The van der Waals surface area contributed by atoms with Crippen molar-refractivity contribution in [2.24, 2.45) is 10.9 Å². The van der Waals surface area contributed by atoms with Gasteiger partial charge >= 0.3 is 0 Å². The van der Waals surface area contributed by atoms with Crippen LogP contribution in [0, 0.1) is 11.6 Å². The predicted octanol–water partition coefficient (Wildman–Crippen LogP) is 4.55. The summed E-state index contributed by atoms with van der Waals surface area (Å²) in [7, 11) is 1.48. The van der Waals surface area contributed by atoms with Crippen LogP contribution in [-0.4, -0.2) is 23.3 Å². The van der Waals surface area contributed by atoms with Gasteiger partial charge in [0.1, 0.15) is 17.4 Å². The molecule has 0 unspecified atom stereocenters. The quantitative estimate of drug-likeness (QED) is 0.245. The van der Waals surface area contributed by atoms with Crippen LogP contribution in [0.4, 0.5) is 8.78 Å². The summed E-state index contributed by atoms with van der Waals surface area (Å²) in [4.78, 5) is 0. The van der Waals surface area contributed by atoms with Gasteiger partial charge in [-0.05, 0) is 53.1 Å². The van der Waals surface area contributed by atoms with Crippen molar-refractivity contribution < 1.29 is 23.8 Å². The number of nitrogens with zero attached hydrogens (tertiary/aromatic N) is 1. The zero-order valence-corrected chi connectivity index (χ0v) is 16.0. The van der Waals surface area contributed by atoms with Crippen molar-refractivity contribution in [1.82, 2.24) is 0 Å². The second kappa shape index (κ2) is 8.46. The van der Waals surface area contributed by atoms with Crippen molar-refractivity contribution in [3.05, 3.63) is 76.3 Å². The number of nitrogens with two attached hydrogens (primary N) is 1. The predicted molar refractivity (Wildman–Crippen MR) is 107 cm³/mol. The monoisotopic (exact) mass is 418 g/mol. The molecular weight excluding hydrogens is 402 g/mol. The third-order valence-electron chi connectivity index (χ3n) is 4.40. The van der Waals surface area contributed by atoms with E-state index in [1.54, 1.807) is 24.3 Å². The number of halogens is 3. The molecule has 5 nitrogen and oxygen atoms in total. The number of amidine groups is 1. The first-order valence-corrected chi connectivity index (χ1v) is 8.81. The highest BCUT2D eigenvalue weighted by atomic mass is 35.5. The first kappa shape index (κ1) is 20.6. The van der Waals surface area contributed by atoms with Crippen molar-refractivity contribution in [2.45, 2.75) is 6.61 Å². The molecule has 0 saturated carbocycles. The third-order valence-corrected chi connectivity index (χ3v) is 4.62. The van der Waals surface area contributed by atoms with Crippen LogP contribution in [0.5, 0.6) is 5.75 Å². The Balaban J connectivity index is 2.39. The molecule has 0 fully saturated rings. The van der Waals surface area contributed by atoms with Gasteiger partial charge in [0.15, 0.2) is 5.84 Å². The SMILES string of the molecule is COc1ccc(-c2cc(Cl)cc(/C(N)=N/O)c2-c2cc(F)cc(F)c2)cc1CO. The van der Waals surface area contributed by atoms with Crippen LogP contribution >= 0.6 is 11.6 Å². The van der Waals surface area contributed by atoms with Crippen LogP contribution in [0.2, 0.25) is 5.02 Å². The summed E-state index contributed by atoms with van der Waals surface area (Å²) >= 11 is 6.24. The summed E-state index contributed by atoms with van der Waals surface area (Å²) in [5.41, 5.74) is 8.08. The van der Waals surface area contributed by atoms with Crippen LogP contribution in [-0.2, 0) is 6.61 Å². The van der Waals surface area contributed by atoms with E-state index >= 15 is 0 Å². The minimum absolute atomic E-state index is 0.178. The summed E-state index contributed by atoms with van der Waals surface area (Å²) in [6, 6.07) is 11.1. The smallest absolute Gasteiger partial charge is 0.170 e. The maximum atomic E-state index is 13.9. The molecule has 29 heavy (non-hydrogen) atoms.